The average molecular weight is 283 g/mol. The number of amides is 1. The maximum absolute atomic E-state index is 11.9. The molecule has 0 saturated heterocycles. The van der Waals surface area contributed by atoms with Gasteiger partial charge in [-0.05, 0) is 37.5 Å². The number of hydrogen-bond donors (Lipinski definition) is 2. The van der Waals surface area contributed by atoms with E-state index in [1.807, 2.05) is 25.1 Å². The van der Waals surface area contributed by atoms with Gasteiger partial charge in [0.05, 0.1) is 18.3 Å². The lowest BCUT2D eigenvalue weighted by Gasteiger charge is -2.13. The summed E-state index contributed by atoms with van der Waals surface area (Å²) < 4.78 is 0. The topological polar surface area (TPSA) is 68.0 Å². The fourth-order valence-corrected chi connectivity index (χ4v) is 2.13. The fourth-order valence-electron chi connectivity index (χ4n) is 2.13. The van der Waals surface area contributed by atoms with Gasteiger partial charge in [-0.25, -0.2) is 0 Å². The molecule has 1 heterocycles. The Bertz CT molecular complexity index is 566. The van der Waals surface area contributed by atoms with Gasteiger partial charge in [0.1, 0.15) is 0 Å². The van der Waals surface area contributed by atoms with Crippen molar-refractivity contribution in [1.82, 2.24) is 10.3 Å². The first-order valence-electron chi connectivity index (χ1n) is 7.17. The first-order valence-corrected chi connectivity index (χ1v) is 7.17. The van der Waals surface area contributed by atoms with E-state index in [4.69, 9.17) is 5.73 Å². The van der Waals surface area contributed by atoms with Crippen LogP contribution in [-0.2, 0) is 17.6 Å². The number of carbonyl (C=O) groups is 1. The molecule has 1 amide bonds. The molecular weight excluding hydrogens is 262 g/mol. The Labute approximate surface area is 125 Å². The molecule has 4 nitrogen and oxygen atoms in total. The molecule has 4 heteroatoms. The number of benzene rings is 1. The second-order valence-corrected chi connectivity index (χ2v) is 5.25. The Morgan fingerprint density at radius 1 is 1.24 bits per heavy atom. The van der Waals surface area contributed by atoms with Gasteiger partial charge in [0.2, 0.25) is 5.91 Å². The maximum atomic E-state index is 11.9. The van der Waals surface area contributed by atoms with E-state index in [0.717, 1.165) is 18.5 Å². The highest BCUT2D eigenvalue weighted by Crippen LogP contribution is 2.06. The van der Waals surface area contributed by atoms with Crippen molar-refractivity contribution < 1.29 is 4.79 Å². The first-order chi connectivity index (χ1) is 10.1. The Morgan fingerprint density at radius 2 is 2.00 bits per heavy atom. The van der Waals surface area contributed by atoms with Gasteiger partial charge < -0.3 is 11.1 Å². The Kier molecular flexibility index (Phi) is 5.32. The number of nitrogens with zero attached hydrogens (tertiary/aromatic N) is 1. The van der Waals surface area contributed by atoms with Crippen LogP contribution in [0.4, 0.5) is 5.69 Å². The number of aromatic nitrogens is 1. The predicted octanol–water partition coefficient (Wildman–Crippen LogP) is 2.34. The molecule has 0 aliphatic rings. The van der Waals surface area contributed by atoms with Crippen molar-refractivity contribution in [2.24, 2.45) is 0 Å². The summed E-state index contributed by atoms with van der Waals surface area (Å²) in [7, 11) is 0. The second-order valence-electron chi connectivity index (χ2n) is 5.25. The SMILES string of the molecule is CC(CCc1ccccc1)NC(=O)Cc1ccc(N)cn1. The quantitative estimate of drug-likeness (QED) is 0.855. The summed E-state index contributed by atoms with van der Waals surface area (Å²) >= 11 is 0. The third kappa shape index (κ3) is 5.26. The van der Waals surface area contributed by atoms with Crippen LogP contribution in [0, 0.1) is 0 Å². The van der Waals surface area contributed by atoms with E-state index in [0.29, 0.717) is 5.69 Å². The van der Waals surface area contributed by atoms with Crippen LogP contribution in [0.5, 0.6) is 0 Å². The summed E-state index contributed by atoms with van der Waals surface area (Å²) in [4.78, 5) is 16.1. The summed E-state index contributed by atoms with van der Waals surface area (Å²) in [5.41, 5.74) is 8.20. The number of rotatable bonds is 6. The molecule has 0 saturated carbocycles. The van der Waals surface area contributed by atoms with Gasteiger partial charge in [0.15, 0.2) is 0 Å². The molecule has 2 rings (SSSR count). The van der Waals surface area contributed by atoms with Crippen molar-refractivity contribution in [3.05, 3.63) is 59.9 Å². The molecule has 0 aliphatic heterocycles. The van der Waals surface area contributed by atoms with Crippen molar-refractivity contribution >= 4 is 11.6 Å². The minimum absolute atomic E-state index is 0.00664. The molecule has 1 aromatic carbocycles. The number of pyridine rings is 1. The van der Waals surface area contributed by atoms with Gasteiger partial charge in [-0.2, -0.15) is 0 Å². The molecule has 0 fully saturated rings. The van der Waals surface area contributed by atoms with E-state index >= 15 is 0 Å². The Hall–Kier alpha value is -2.36. The Balaban J connectivity index is 1.75. The standard InChI is InChI=1S/C17H21N3O/c1-13(7-8-14-5-3-2-4-6-14)20-17(21)11-16-10-9-15(18)12-19-16/h2-6,9-10,12-13H,7-8,11,18H2,1H3,(H,20,21). The van der Waals surface area contributed by atoms with Crippen LogP contribution in [0.15, 0.2) is 48.7 Å². The predicted molar refractivity (Wildman–Crippen MR) is 84.7 cm³/mol. The van der Waals surface area contributed by atoms with Crippen molar-refractivity contribution in [3.63, 3.8) is 0 Å². The zero-order valence-corrected chi connectivity index (χ0v) is 12.3. The third-order valence-electron chi connectivity index (χ3n) is 3.31. The van der Waals surface area contributed by atoms with Crippen molar-refractivity contribution in [1.29, 1.82) is 0 Å². The summed E-state index contributed by atoms with van der Waals surface area (Å²) in [5.74, 6) is -0.00664. The number of nitrogens with one attached hydrogen (secondary N) is 1. The van der Waals surface area contributed by atoms with Crippen LogP contribution < -0.4 is 11.1 Å². The number of nitrogens with two attached hydrogens (primary N) is 1. The lowest BCUT2D eigenvalue weighted by molar-refractivity contribution is -0.121. The van der Waals surface area contributed by atoms with Crippen molar-refractivity contribution in [2.45, 2.75) is 32.2 Å². The van der Waals surface area contributed by atoms with Crippen molar-refractivity contribution in [2.75, 3.05) is 5.73 Å². The normalized spacial score (nSPS) is 11.9. The molecule has 0 bridgehead atoms. The minimum Gasteiger partial charge on any atom is -0.397 e. The summed E-state index contributed by atoms with van der Waals surface area (Å²) in [6.07, 6.45) is 3.74. The van der Waals surface area contributed by atoms with E-state index in [2.05, 4.69) is 22.4 Å². The second kappa shape index (κ2) is 7.43. The van der Waals surface area contributed by atoms with Crippen molar-refractivity contribution in [3.8, 4) is 0 Å². The van der Waals surface area contributed by atoms with E-state index in [9.17, 15) is 4.79 Å². The molecule has 2 aromatic rings. The first kappa shape index (κ1) is 15.0. The fraction of sp³-hybridized carbons (Fsp3) is 0.294. The van der Waals surface area contributed by atoms with E-state index in [-0.39, 0.29) is 18.4 Å². The third-order valence-corrected chi connectivity index (χ3v) is 3.31. The molecule has 3 N–H and O–H groups in total. The van der Waals surface area contributed by atoms with Gasteiger partial charge in [0, 0.05) is 11.7 Å². The van der Waals surface area contributed by atoms with Gasteiger partial charge >= 0.3 is 0 Å². The lowest BCUT2D eigenvalue weighted by atomic mass is 10.1. The van der Waals surface area contributed by atoms with E-state index < -0.39 is 0 Å². The van der Waals surface area contributed by atoms with Gasteiger partial charge in [-0.1, -0.05) is 30.3 Å². The lowest BCUT2D eigenvalue weighted by Crippen LogP contribution is -2.34. The van der Waals surface area contributed by atoms with Gasteiger partial charge in [-0.3, -0.25) is 9.78 Å². The van der Waals surface area contributed by atoms with Crippen LogP contribution in [0.3, 0.4) is 0 Å². The zero-order chi connectivity index (χ0) is 15.1. The van der Waals surface area contributed by atoms with Gasteiger partial charge in [0.25, 0.3) is 0 Å². The van der Waals surface area contributed by atoms with Crippen LogP contribution in [0.25, 0.3) is 0 Å². The summed E-state index contributed by atoms with van der Waals surface area (Å²) in [6, 6.07) is 14.0. The van der Waals surface area contributed by atoms with E-state index in [1.54, 1.807) is 18.3 Å². The molecule has 1 unspecified atom stereocenters. The largest absolute Gasteiger partial charge is 0.397 e. The number of aryl methyl sites for hydroxylation is 1. The highest BCUT2D eigenvalue weighted by atomic mass is 16.1. The summed E-state index contributed by atoms with van der Waals surface area (Å²) in [5, 5.41) is 3.00. The molecule has 0 radical (unpaired) electrons. The van der Waals surface area contributed by atoms with Gasteiger partial charge in [-0.15, -0.1) is 0 Å². The van der Waals surface area contributed by atoms with Crippen LogP contribution in [0.1, 0.15) is 24.6 Å². The highest BCUT2D eigenvalue weighted by molar-refractivity contribution is 5.78. The molecular formula is C17H21N3O. The van der Waals surface area contributed by atoms with Crippen LogP contribution in [0.2, 0.25) is 0 Å². The zero-order valence-electron chi connectivity index (χ0n) is 12.3. The highest BCUT2D eigenvalue weighted by Gasteiger charge is 2.09. The number of anilines is 1. The molecule has 21 heavy (non-hydrogen) atoms. The van der Waals surface area contributed by atoms with Crippen LogP contribution >= 0.6 is 0 Å². The molecule has 1 aromatic heterocycles. The Morgan fingerprint density at radius 3 is 2.67 bits per heavy atom. The molecule has 110 valence electrons. The number of hydrogen-bond acceptors (Lipinski definition) is 3. The summed E-state index contributed by atoms with van der Waals surface area (Å²) in [6.45, 7) is 2.03. The maximum Gasteiger partial charge on any atom is 0.226 e. The number of carbonyl (C=O) groups excluding carboxylic acids is 1. The van der Waals surface area contributed by atoms with E-state index in [1.165, 1.54) is 5.56 Å². The van der Waals surface area contributed by atoms with Crippen LogP contribution in [-0.4, -0.2) is 16.9 Å². The monoisotopic (exact) mass is 283 g/mol. The molecule has 0 aliphatic carbocycles. The molecule has 1 atom stereocenters. The minimum atomic E-state index is -0.00664. The molecule has 0 spiro atoms. The smallest absolute Gasteiger partial charge is 0.226 e. The number of nitrogen functional groups attached to an aromatic ring is 1. The average Bonchev–Trinajstić information content (AvgIpc) is 2.48.